The van der Waals surface area contributed by atoms with Crippen LogP contribution in [0.3, 0.4) is 0 Å². The van der Waals surface area contributed by atoms with E-state index in [1.807, 2.05) is 18.2 Å². The molecule has 0 N–H and O–H groups in total. The summed E-state index contributed by atoms with van der Waals surface area (Å²) in [6, 6.07) is 15.7. The lowest BCUT2D eigenvalue weighted by Gasteiger charge is -2.27. The molecule has 1 fully saturated rings. The van der Waals surface area contributed by atoms with Crippen LogP contribution in [-0.2, 0) is 22.5 Å². The van der Waals surface area contributed by atoms with E-state index in [0.29, 0.717) is 24.3 Å². The Balaban J connectivity index is 1.22. The highest BCUT2D eigenvalue weighted by molar-refractivity contribution is 5.71. The number of hydrogen-bond donors (Lipinski definition) is 0. The van der Waals surface area contributed by atoms with Crippen molar-refractivity contribution in [1.82, 2.24) is 19.9 Å². The van der Waals surface area contributed by atoms with Crippen LogP contribution in [0, 0.1) is 5.82 Å². The summed E-state index contributed by atoms with van der Waals surface area (Å²) in [4.78, 5) is 15.8. The van der Waals surface area contributed by atoms with E-state index in [2.05, 4.69) is 45.6 Å². The van der Waals surface area contributed by atoms with Crippen molar-refractivity contribution in [2.24, 2.45) is 0 Å². The minimum Gasteiger partial charge on any atom is -0.344 e. The minimum atomic E-state index is -0.745. The zero-order chi connectivity index (χ0) is 23.3. The van der Waals surface area contributed by atoms with Crippen molar-refractivity contribution in [2.75, 3.05) is 31.1 Å². The summed E-state index contributed by atoms with van der Waals surface area (Å²) >= 11 is 0. The molecule has 7 nitrogen and oxygen atoms in total. The van der Waals surface area contributed by atoms with Crippen molar-refractivity contribution in [1.29, 1.82) is 0 Å². The van der Waals surface area contributed by atoms with E-state index in [4.69, 9.17) is 4.74 Å². The molecule has 34 heavy (non-hydrogen) atoms. The first-order chi connectivity index (χ1) is 16.7. The molecule has 8 heteroatoms. The van der Waals surface area contributed by atoms with Gasteiger partial charge in [-0.2, -0.15) is 0 Å². The number of aldehydes is 1. The molecule has 1 aromatic heterocycles. The normalized spacial score (nSPS) is 21.0. The first-order valence-corrected chi connectivity index (χ1v) is 11.7. The lowest BCUT2D eigenvalue weighted by Crippen LogP contribution is -2.31. The second kappa shape index (κ2) is 10.3. The SMILES string of the molecule is O=CC1O[C@@H](Cn2ccnn2)CN1c1ccc(C2=CCN(CCc3ccccc3)CC2)c(F)c1. The van der Waals surface area contributed by atoms with Crippen molar-refractivity contribution >= 4 is 17.5 Å². The molecule has 2 aliphatic heterocycles. The highest BCUT2D eigenvalue weighted by atomic mass is 19.1. The van der Waals surface area contributed by atoms with E-state index in [1.54, 1.807) is 22.0 Å². The van der Waals surface area contributed by atoms with Crippen LogP contribution < -0.4 is 4.90 Å². The van der Waals surface area contributed by atoms with Gasteiger partial charge in [-0.15, -0.1) is 5.10 Å². The molecule has 176 valence electrons. The molecule has 2 aromatic carbocycles. The van der Waals surface area contributed by atoms with Gasteiger partial charge in [-0.25, -0.2) is 9.07 Å². The predicted octanol–water partition coefficient (Wildman–Crippen LogP) is 3.18. The molecule has 3 aromatic rings. The standard InChI is InChI=1S/C26H28FN5O2/c27-25-16-22(32-18-23(34-26(32)19-33)17-31-15-11-28-29-31)6-7-24(25)21-9-13-30(14-10-21)12-8-20-4-2-1-3-5-20/h1-7,9,11,15-16,19,23,26H,8,10,12-14,17-18H2/t23-,26?/m0/s1. The van der Waals surface area contributed by atoms with Crippen LogP contribution in [0.25, 0.3) is 5.57 Å². The van der Waals surface area contributed by atoms with Gasteiger partial charge in [0.2, 0.25) is 0 Å². The summed E-state index contributed by atoms with van der Waals surface area (Å²) < 4.78 is 22.7. The zero-order valence-corrected chi connectivity index (χ0v) is 19.0. The quantitative estimate of drug-likeness (QED) is 0.480. The second-order valence-electron chi connectivity index (χ2n) is 8.74. The number of nitrogens with zero attached hydrogens (tertiary/aromatic N) is 5. The first kappa shape index (κ1) is 22.4. The third kappa shape index (κ3) is 5.08. The highest BCUT2D eigenvalue weighted by Crippen LogP contribution is 2.30. The molecular formula is C26H28FN5O2. The zero-order valence-electron chi connectivity index (χ0n) is 19.0. The van der Waals surface area contributed by atoms with Gasteiger partial charge < -0.3 is 9.64 Å². The number of halogens is 1. The number of hydrogen-bond acceptors (Lipinski definition) is 6. The number of benzene rings is 2. The molecule has 0 aliphatic carbocycles. The summed E-state index contributed by atoms with van der Waals surface area (Å²) in [5.41, 5.74) is 3.64. The number of carbonyl (C=O) groups excluding carboxylic acids is 1. The molecular weight excluding hydrogens is 433 g/mol. The fourth-order valence-electron chi connectivity index (χ4n) is 4.67. The van der Waals surface area contributed by atoms with Gasteiger partial charge in [-0.1, -0.05) is 41.6 Å². The molecule has 0 spiro atoms. The van der Waals surface area contributed by atoms with Crippen LogP contribution >= 0.6 is 0 Å². The Hall–Kier alpha value is -3.36. The average Bonchev–Trinajstić information content (AvgIpc) is 3.54. The van der Waals surface area contributed by atoms with Crippen LogP contribution in [0.4, 0.5) is 10.1 Å². The van der Waals surface area contributed by atoms with Gasteiger partial charge in [-0.05, 0) is 42.2 Å². The van der Waals surface area contributed by atoms with E-state index in [-0.39, 0.29) is 11.9 Å². The summed E-state index contributed by atoms with van der Waals surface area (Å²) in [5.74, 6) is -0.272. The monoisotopic (exact) mass is 461 g/mol. The Morgan fingerprint density at radius 1 is 1.18 bits per heavy atom. The van der Waals surface area contributed by atoms with Crippen molar-refractivity contribution in [2.45, 2.75) is 31.7 Å². The molecule has 3 heterocycles. The van der Waals surface area contributed by atoms with Crippen LogP contribution in [0.15, 0.2) is 67.0 Å². The van der Waals surface area contributed by atoms with Gasteiger partial charge >= 0.3 is 0 Å². The molecule has 1 saturated heterocycles. The third-order valence-corrected chi connectivity index (χ3v) is 6.50. The van der Waals surface area contributed by atoms with E-state index < -0.39 is 6.23 Å². The maximum absolute atomic E-state index is 15.2. The van der Waals surface area contributed by atoms with Gasteiger partial charge in [0.1, 0.15) is 5.82 Å². The number of rotatable bonds is 8. The van der Waals surface area contributed by atoms with Crippen molar-refractivity contribution in [3.63, 3.8) is 0 Å². The van der Waals surface area contributed by atoms with Crippen LogP contribution in [-0.4, -0.2) is 64.7 Å². The Kier molecular flexibility index (Phi) is 6.78. The summed E-state index contributed by atoms with van der Waals surface area (Å²) in [7, 11) is 0. The van der Waals surface area contributed by atoms with Crippen molar-refractivity contribution in [3.05, 3.63) is 83.9 Å². The average molecular weight is 462 g/mol. The van der Waals surface area contributed by atoms with E-state index in [9.17, 15) is 4.79 Å². The Bertz CT molecular complexity index is 1140. The van der Waals surface area contributed by atoms with Gasteiger partial charge in [0, 0.05) is 43.6 Å². The topological polar surface area (TPSA) is 63.5 Å². The van der Waals surface area contributed by atoms with Crippen LogP contribution in [0.1, 0.15) is 17.5 Å². The Morgan fingerprint density at radius 2 is 2.06 bits per heavy atom. The maximum Gasteiger partial charge on any atom is 0.187 e. The molecule has 2 atom stereocenters. The lowest BCUT2D eigenvalue weighted by atomic mass is 9.98. The van der Waals surface area contributed by atoms with Gasteiger partial charge in [0.15, 0.2) is 12.5 Å². The summed E-state index contributed by atoms with van der Waals surface area (Å²) in [5, 5.41) is 7.74. The summed E-state index contributed by atoms with van der Waals surface area (Å²) in [6.45, 7) is 3.68. The molecule has 0 bridgehead atoms. The first-order valence-electron chi connectivity index (χ1n) is 11.7. The molecule has 0 saturated carbocycles. The number of aromatic nitrogens is 3. The highest BCUT2D eigenvalue weighted by Gasteiger charge is 2.33. The second-order valence-corrected chi connectivity index (χ2v) is 8.74. The van der Waals surface area contributed by atoms with Gasteiger partial charge in [-0.3, -0.25) is 9.69 Å². The molecule has 1 unspecified atom stereocenters. The predicted molar refractivity (Wildman–Crippen MR) is 128 cm³/mol. The van der Waals surface area contributed by atoms with Gasteiger partial charge in [0.05, 0.1) is 18.8 Å². The van der Waals surface area contributed by atoms with Gasteiger partial charge in [0.25, 0.3) is 0 Å². The number of carbonyl (C=O) groups is 1. The fraction of sp³-hybridized carbons (Fsp3) is 0.346. The van der Waals surface area contributed by atoms with Crippen LogP contribution in [0.5, 0.6) is 0 Å². The van der Waals surface area contributed by atoms with E-state index in [1.165, 1.54) is 11.6 Å². The minimum absolute atomic E-state index is 0.234. The molecule has 0 amide bonds. The Labute approximate surface area is 198 Å². The molecule has 0 radical (unpaired) electrons. The molecule has 2 aliphatic rings. The Morgan fingerprint density at radius 3 is 2.76 bits per heavy atom. The van der Waals surface area contributed by atoms with Crippen LogP contribution in [0.2, 0.25) is 0 Å². The van der Waals surface area contributed by atoms with E-state index in [0.717, 1.165) is 44.3 Å². The smallest absolute Gasteiger partial charge is 0.187 e. The summed E-state index contributed by atoms with van der Waals surface area (Å²) in [6.07, 6.45) is 7.08. The largest absolute Gasteiger partial charge is 0.344 e. The third-order valence-electron chi connectivity index (χ3n) is 6.50. The number of anilines is 1. The fourth-order valence-corrected chi connectivity index (χ4v) is 4.67. The maximum atomic E-state index is 15.2. The lowest BCUT2D eigenvalue weighted by molar-refractivity contribution is -0.117. The van der Waals surface area contributed by atoms with Crippen molar-refractivity contribution < 1.29 is 13.9 Å². The van der Waals surface area contributed by atoms with E-state index >= 15 is 4.39 Å². The number of ether oxygens (including phenoxy) is 1. The van der Waals surface area contributed by atoms with Crippen molar-refractivity contribution in [3.8, 4) is 0 Å². The molecule has 5 rings (SSSR count).